The van der Waals surface area contributed by atoms with Gasteiger partial charge in [-0.05, 0) is 48.2 Å². The fourth-order valence-corrected chi connectivity index (χ4v) is 3.93. The molecule has 41 heavy (non-hydrogen) atoms. The Morgan fingerprint density at radius 2 is 1.37 bits per heavy atom. The van der Waals surface area contributed by atoms with E-state index < -0.39 is 12.2 Å². The highest BCUT2D eigenvalue weighted by Gasteiger charge is 2.34. The quantitative estimate of drug-likeness (QED) is 0.260. The largest absolute Gasteiger partial charge is 0.497 e. The van der Waals surface area contributed by atoms with Crippen molar-refractivity contribution >= 4 is 0 Å². The van der Waals surface area contributed by atoms with Crippen LogP contribution in [0.15, 0.2) is 61.2 Å². The highest BCUT2D eigenvalue weighted by Crippen LogP contribution is 2.25. The van der Waals surface area contributed by atoms with Crippen molar-refractivity contribution in [3.05, 3.63) is 72.3 Å². The fraction of sp³-hybridized carbons (Fsp3) is 0.576. The third-order valence-corrected chi connectivity index (χ3v) is 6.31. The van der Waals surface area contributed by atoms with Gasteiger partial charge in [0.1, 0.15) is 23.7 Å². The Hall–Kier alpha value is -2.46. The van der Waals surface area contributed by atoms with E-state index in [-0.39, 0.29) is 18.8 Å². The van der Waals surface area contributed by atoms with Crippen LogP contribution in [0.3, 0.4) is 0 Å². The van der Waals surface area contributed by atoms with Crippen molar-refractivity contribution in [1.29, 1.82) is 0 Å². The molecule has 5 atom stereocenters. The Bertz CT molecular complexity index is 902. The second-order valence-electron chi connectivity index (χ2n) is 9.81. The molecule has 8 heteroatoms. The molecule has 0 amide bonds. The number of hydrogen-bond donors (Lipinski definition) is 2. The highest BCUT2D eigenvalue weighted by molar-refractivity contribution is 5.27. The second-order valence-corrected chi connectivity index (χ2v) is 9.81. The molecule has 232 valence electrons. The van der Waals surface area contributed by atoms with Crippen molar-refractivity contribution in [2.75, 3.05) is 34.5 Å². The van der Waals surface area contributed by atoms with E-state index in [4.69, 9.17) is 28.4 Å². The molecule has 1 aliphatic rings. The Kier molecular flexibility index (Phi) is 19.8. The standard InChI is InChI=1S/C16H24O4.C14H20O4.C3H8/c1-4-13-9-15(18-3)16(20-13)11-19-10-12-5-7-14(17-2)8-6-12;1-3-4-13(15)14(16)10-18-9-11-5-7-12(17-2)8-6-11;1-3-2/h5-8,13,15-16H,4,9-11H2,1-3H3;3,5-8,13-16H,1,4,9-10H2,2H3;3H2,1-2H3/t13?,15-,16-;13-,14-;/m11./s1. The predicted octanol–water partition coefficient (Wildman–Crippen LogP) is 5.72. The van der Waals surface area contributed by atoms with Crippen LogP contribution in [0.5, 0.6) is 11.5 Å². The summed E-state index contributed by atoms with van der Waals surface area (Å²) in [6, 6.07) is 15.4. The summed E-state index contributed by atoms with van der Waals surface area (Å²) in [4.78, 5) is 0. The van der Waals surface area contributed by atoms with Crippen LogP contribution >= 0.6 is 0 Å². The number of aliphatic hydroxyl groups excluding tert-OH is 2. The van der Waals surface area contributed by atoms with Crippen LogP contribution < -0.4 is 9.47 Å². The summed E-state index contributed by atoms with van der Waals surface area (Å²) in [6.07, 6.45) is 3.94. The van der Waals surface area contributed by atoms with E-state index in [0.717, 1.165) is 35.5 Å². The molecular weight excluding hydrogens is 524 g/mol. The molecule has 8 nitrogen and oxygen atoms in total. The van der Waals surface area contributed by atoms with E-state index in [0.29, 0.717) is 32.3 Å². The van der Waals surface area contributed by atoms with Crippen LogP contribution in [0.1, 0.15) is 57.6 Å². The number of methoxy groups -OCH3 is 3. The van der Waals surface area contributed by atoms with Crippen molar-refractivity contribution in [2.45, 2.75) is 90.2 Å². The lowest BCUT2D eigenvalue weighted by molar-refractivity contribution is -0.0577. The predicted molar refractivity (Wildman–Crippen MR) is 162 cm³/mol. The van der Waals surface area contributed by atoms with Gasteiger partial charge in [0.05, 0.1) is 59.0 Å². The molecule has 2 aromatic rings. The maximum atomic E-state index is 9.57. The lowest BCUT2D eigenvalue weighted by Gasteiger charge is -2.17. The van der Waals surface area contributed by atoms with Crippen molar-refractivity contribution in [1.82, 2.24) is 0 Å². The molecule has 1 saturated heterocycles. The third-order valence-electron chi connectivity index (χ3n) is 6.31. The zero-order valence-electron chi connectivity index (χ0n) is 25.8. The minimum absolute atomic E-state index is 0.0446. The monoisotopic (exact) mass is 576 g/mol. The minimum Gasteiger partial charge on any atom is -0.497 e. The molecule has 1 aliphatic heterocycles. The van der Waals surface area contributed by atoms with Crippen molar-refractivity contribution in [2.24, 2.45) is 0 Å². The first-order valence-corrected chi connectivity index (χ1v) is 14.4. The molecule has 2 aromatic carbocycles. The Balaban J connectivity index is 0.000000376. The van der Waals surface area contributed by atoms with Gasteiger partial charge in [-0.15, -0.1) is 6.58 Å². The average Bonchev–Trinajstić information content (AvgIpc) is 3.41. The summed E-state index contributed by atoms with van der Waals surface area (Å²) in [5.41, 5.74) is 2.12. The number of aliphatic hydroxyl groups is 2. The summed E-state index contributed by atoms with van der Waals surface area (Å²) in [6.45, 7) is 11.5. The van der Waals surface area contributed by atoms with Crippen molar-refractivity contribution in [3.8, 4) is 11.5 Å². The van der Waals surface area contributed by atoms with Crippen LogP contribution in [-0.4, -0.2) is 75.3 Å². The summed E-state index contributed by atoms with van der Waals surface area (Å²) in [5.74, 6) is 1.65. The summed E-state index contributed by atoms with van der Waals surface area (Å²) >= 11 is 0. The van der Waals surface area contributed by atoms with E-state index in [1.165, 1.54) is 6.42 Å². The molecule has 0 radical (unpaired) electrons. The SMILES string of the molecule is C=CC[C@@H](O)[C@H](O)COCc1ccc(OC)cc1.CCC.CCC1C[C@@H](OC)[C@@H](COCc2ccc(OC)cc2)O1. The summed E-state index contributed by atoms with van der Waals surface area (Å²) in [7, 11) is 5.02. The maximum absolute atomic E-state index is 9.57. The van der Waals surface area contributed by atoms with Gasteiger partial charge in [0.15, 0.2) is 0 Å². The molecule has 0 aromatic heterocycles. The molecule has 2 N–H and O–H groups in total. The van der Waals surface area contributed by atoms with Gasteiger partial charge in [-0.25, -0.2) is 0 Å². The van der Waals surface area contributed by atoms with E-state index in [9.17, 15) is 10.2 Å². The number of ether oxygens (including phenoxy) is 6. The Morgan fingerprint density at radius 1 is 0.854 bits per heavy atom. The van der Waals surface area contributed by atoms with Crippen molar-refractivity contribution < 1.29 is 38.6 Å². The molecule has 1 unspecified atom stereocenters. The molecule has 1 fully saturated rings. The van der Waals surface area contributed by atoms with E-state index >= 15 is 0 Å². The molecule has 0 aliphatic carbocycles. The lowest BCUT2D eigenvalue weighted by Crippen LogP contribution is -2.29. The van der Waals surface area contributed by atoms with Crippen LogP contribution in [0.2, 0.25) is 0 Å². The third kappa shape index (κ3) is 14.8. The molecule has 1 heterocycles. The van der Waals surface area contributed by atoms with Gasteiger partial charge in [-0.2, -0.15) is 0 Å². The molecule has 0 saturated carbocycles. The maximum Gasteiger partial charge on any atom is 0.118 e. The number of rotatable bonds is 15. The first-order valence-electron chi connectivity index (χ1n) is 14.4. The zero-order chi connectivity index (χ0) is 30.5. The van der Waals surface area contributed by atoms with Crippen LogP contribution in [0, 0.1) is 0 Å². The van der Waals surface area contributed by atoms with Gasteiger partial charge in [0.25, 0.3) is 0 Å². The second kappa shape index (κ2) is 22.2. The zero-order valence-corrected chi connectivity index (χ0v) is 25.8. The van der Waals surface area contributed by atoms with Gasteiger partial charge in [0, 0.05) is 13.5 Å². The van der Waals surface area contributed by atoms with Crippen LogP contribution in [0.4, 0.5) is 0 Å². The van der Waals surface area contributed by atoms with E-state index in [2.05, 4.69) is 27.4 Å². The number of hydrogen-bond acceptors (Lipinski definition) is 8. The average molecular weight is 577 g/mol. The summed E-state index contributed by atoms with van der Waals surface area (Å²) in [5, 5.41) is 19.0. The molecular formula is C33H52O8. The van der Waals surface area contributed by atoms with E-state index in [1.54, 1.807) is 27.4 Å². The normalized spacial score (nSPS) is 19.2. The topological polar surface area (TPSA) is 95.8 Å². The summed E-state index contributed by atoms with van der Waals surface area (Å²) < 4.78 is 32.7. The fourth-order valence-electron chi connectivity index (χ4n) is 3.93. The minimum atomic E-state index is -0.888. The van der Waals surface area contributed by atoms with Gasteiger partial charge in [-0.3, -0.25) is 0 Å². The van der Waals surface area contributed by atoms with Crippen LogP contribution in [0.25, 0.3) is 0 Å². The Labute approximate surface area is 247 Å². The lowest BCUT2D eigenvalue weighted by atomic mass is 10.1. The Morgan fingerprint density at radius 3 is 1.80 bits per heavy atom. The smallest absolute Gasteiger partial charge is 0.118 e. The first kappa shape index (κ1) is 36.6. The van der Waals surface area contributed by atoms with Crippen LogP contribution in [-0.2, 0) is 32.2 Å². The van der Waals surface area contributed by atoms with Gasteiger partial charge in [0.2, 0.25) is 0 Å². The molecule has 3 rings (SSSR count). The highest BCUT2D eigenvalue weighted by atomic mass is 16.6. The van der Waals surface area contributed by atoms with Gasteiger partial charge < -0.3 is 38.6 Å². The molecule has 0 spiro atoms. The first-order chi connectivity index (χ1) is 19.8. The number of benzene rings is 2. The van der Waals surface area contributed by atoms with E-state index in [1.807, 2.05) is 48.5 Å². The van der Waals surface area contributed by atoms with Gasteiger partial charge >= 0.3 is 0 Å². The van der Waals surface area contributed by atoms with Crippen molar-refractivity contribution in [3.63, 3.8) is 0 Å². The molecule has 0 bridgehead atoms. The van der Waals surface area contributed by atoms with Gasteiger partial charge in [-0.1, -0.05) is 57.5 Å².